The van der Waals surface area contributed by atoms with E-state index < -0.39 is 5.60 Å². The van der Waals surface area contributed by atoms with Gasteiger partial charge < -0.3 is 20.8 Å². The van der Waals surface area contributed by atoms with Crippen LogP contribution in [0.1, 0.15) is 6.92 Å². The Bertz CT molecular complexity index is 315. The lowest BCUT2D eigenvalue weighted by Gasteiger charge is -2.21. The second kappa shape index (κ2) is 4.95. The molecule has 15 heavy (non-hydrogen) atoms. The van der Waals surface area contributed by atoms with Gasteiger partial charge >= 0.3 is 0 Å². The topological polar surface area (TPSA) is 77.4 Å². The molecule has 4 N–H and O–H groups in total. The molecule has 84 valence electrons. The number of aliphatic hydroxyl groups is 2. The maximum absolute atomic E-state index is 9.56. The van der Waals surface area contributed by atoms with Crippen LogP contribution in [0.15, 0.2) is 18.5 Å². The number of rotatable bonds is 5. The van der Waals surface area contributed by atoms with E-state index in [9.17, 15) is 5.11 Å². The molecule has 0 radical (unpaired) electrons. The Morgan fingerprint density at radius 2 is 2.07 bits per heavy atom. The molecule has 0 aliphatic heterocycles. The van der Waals surface area contributed by atoms with E-state index in [0.717, 1.165) is 11.4 Å². The molecule has 0 saturated carbocycles. The van der Waals surface area contributed by atoms with Gasteiger partial charge in [-0.05, 0) is 13.0 Å². The molecule has 0 saturated heterocycles. The van der Waals surface area contributed by atoms with Gasteiger partial charge in [0, 0.05) is 13.6 Å². The largest absolute Gasteiger partial charge is 0.393 e. The van der Waals surface area contributed by atoms with Crippen LogP contribution in [-0.2, 0) is 0 Å². The van der Waals surface area contributed by atoms with Gasteiger partial charge in [0.1, 0.15) is 5.60 Å². The molecule has 1 unspecified atom stereocenters. The van der Waals surface area contributed by atoms with Crippen LogP contribution in [0.2, 0.25) is 0 Å². The highest BCUT2D eigenvalue weighted by Crippen LogP contribution is 2.13. The van der Waals surface area contributed by atoms with Crippen molar-refractivity contribution in [1.82, 2.24) is 4.98 Å². The van der Waals surface area contributed by atoms with Crippen LogP contribution in [0, 0.1) is 0 Å². The van der Waals surface area contributed by atoms with Gasteiger partial charge in [-0.1, -0.05) is 0 Å². The molecule has 1 heterocycles. The smallest absolute Gasteiger partial charge is 0.102 e. The average molecular weight is 211 g/mol. The fraction of sp³-hybridized carbons (Fsp3) is 0.500. The van der Waals surface area contributed by atoms with Crippen molar-refractivity contribution in [2.75, 3.05) is 30.8 Å². The van der Waals surface area contributed by atoms with E-state index in [2.05, 4.69) is 15.6 Å². The third-order valence-electron chi connectivity index (χ3n) is 2.04. The molecule has 1 aromatic rings. The normalized spacial score (nSPS) is 14.4. The van der Waals surface area contributed by atoms with Crippen LogP contribution in [0.5, 0.6) is 0 Å². The molecular weight excluding hydrogens is 194 g/mol. The summed E-state index contributed by atoms with van der Waals surface area (Å²) in [5.41, 5.74) is 0.578. The molecule has 0 spiro atoms. The Balaban J connectivity index is 2.57. The summed E-state index contributed by atoms with van der Waals surface area (Å²) in [7, 11) is 1.81. The molecule has 0 fully saturated rings. The fourth-order valence-electron chi connectivity index (χ4n) is 1.02. The first-order valence-corrected chi connectivity index (χ1v) is 4.77. The molecule has 5 heteroatoms. The predicted molar refractivity (Wildman–Crippen MR) is 60.0 cm³/mol. The third kappa shape index (κ3) is 3.73. The molecule has 0 bridgehead atoms. The zero-order valence-electron chi connectivity index (χ0n) is 8.99. The van der Waals surface area contributed by atoms with Crippen molar-refractivity contribution in [2.45, 2.75) is 12.5 Å². The third-order valence-corrected chi connectivity index (χ3v) is 2.04. The van der Waals surface area contributed by atoms with Crippen molar-refractivity contribution < 1.29 is 10.2 Å². The quantitative estimate of drug-likeness (QED) is 0.562. The maximum atomic E-state index is 9.56. The molecule has 1 rings (SSSR count). The number of nitrogens with zero attached hydrogens (tertiary/aromatic N) is 1. The highest BCUT2D eigenvalue weighted by Gasteiger charge is 2.18. The number of hydrogen-bond acceptors (Lipinski definition) is 5. The van der Waals surface area contributed by atoms with Crippen molar-refractivity contribution in [3.05, 3.63) is 18.5 Å². The first-order valence-electron chi connectivity index (χ1n) is 4.77. The summed E-state index contributed by atoms with van der Waals surface area (Å²) >= 11 is 0. The van der Waals surface area contributed by atoms with Crippen LogP contribution >= 0.6 is 0 Å². The van der Waals surface area contributed by atoms with E-state index in [1.54, 1.807) is 19.3 Å². The summed E-state index contributed by atoms with van der Waals surface area (Å²) in [6.07, 6.45) is 3.36. The minimum Gasteiger partial charge on any atom is -0.393 e. The average Bonchev–Trinajstić information content (AvgIpc) is 2.27. The van der Waals surface area contributed by atoms with Crippen molar-refractivity contribution in [2.24, 2.45) is 0 Å². The Kier molecular flexibility index (Phi) is 3.88. The van der Waals surface area contributed by atoms with E-state index in [0.29, 0.717) is 0 Å². The predicted octanol–water partition coefficient (Wildman–Crippen LogP) is 0.278. The molecular formula is C10H17N3O2. The SMILES string of the molecule is CNc1cncc(NCC(C)(O)CO)c1. The van der Waals surface area contributed by atoms with E-state index >= 15 is 0 Å². The summed E-state index contributed by atoms with van der Waals surface area (Å²) in [4.78, 5) is 4.01. The lowest BCUT2D eigenvalue weighted by Crippen LogP contribution is -2.37. The van der Waals surface area contributed by atoms with Crippen molar-refractivity contribution in [3.8, 4) is 0 Å². The second-order valence-electron chi connectivity index (χ2n) is 3.72. The maximum Gasteiger partial charge on any atom is 0.102 e. The van der Waals surface area contributed by atoms with Crippen LogP contribution < -0.4 is 10.6 Å². The first-order chi connectivity index (χ1) is 7.07. The highest BCUT2D eigenvalue weighted by molar-refractivity contribution is 5.53. The van der Waals surface area contributed by atoms with Gasteiger partial charge in [0.05, 0.1) is 30.4 Å². The van der Waals surface area contributed by atoms with Crippen LogP contribution in [-0.4, -0.2) is 41.0 Å². The van der Waals surface area contributed by atoms with E-state index in [1.807, 2.05) is 13.1 Å². The Hall–Kier alpha value is -1.33. The summed E-state index contributed by atoms with van der Waals surface area (Å²) < 4.78 is 0. The van der Waals surface area contributed by atoms with Gasteiger partial charge in [-0.2, -0.15) is 0 Å². The van der Waals surface area contributed by atoms with Gasteiger partial charge in [-0.25, -0.2) is 0 Å². The van der Waals surface area contributed by atoms with Gasteiger partial charge in [0.2, 0.25) is 0 Å². The Morgan fingerprint density at radius 3 is 2.67 bits per heavy atom. The monoisotopic (exact) mass is 211 g/mol. The minimum atomic E-state index is -1.12. The van der Waals surface area contributed by atoms with E-state index in [1.165, 1.54) is 0 Å². The molecule has 1 aromatic heterocycles. The molecule has 0 aliphatic carbocycles. The lowest BCUT2D eigenvalue weighted by molar-refractivity contribution is 0.0132. The van der Waals surface area contributed by atoms with Gasteiger partial charge in [-0.3, -0.25) is 4.98 Å². The van der Waals surface area contributed by atoms with Crippen molar-refractivity contribution in [1.29, 1.82) is 0 Å². The van der Waals surface area contributed by atoms with Crippen molar-refractivity contribution >= 4 is 11.4 Å². The molecule has 1 atom stereocenters. The number of anilines is 2. The molecule has 0 aliphatic rings. The summed E-state index contributed by atoms with van der Waals surface area (Å²) in [5, 5.41) is 24.4. The Labute approximate surface area is 89.2 Å². The van der Waals surface area contributed by atoms with E-state index in [4.69, 9.17) is 5.11 Å². The second-order valence-corrected chi connectivity index (χ2v) is 3.72. The van der Waals surface area contributed by atoms with Crippen LogP contribution in [0.3, 0.4) is 0 Å². The Morgan fingerprint density at radius 1 is 1.40 bits per heavy atom. The highest BCUT2D eigenvalue weighted by atomic mass is 16.3. The number of nitrogens with one attached hydrogen (secondary N) is 2. The number of pyridine rings is 1. The van der Waals surface area contributed by atoms with Gasteiger partial charge in [0.25, 0.3) is 0 Å². The number of aromatic nitrogens is 1. The number of hydrogen-bond donors (Lipinski definition) is 4. The zero-order valence-corrected chi connectivity index (χ0v) is 8.99. The lowest BCUT2D eigenvalue weighted by atomic mass is 10.1. The van der Waals surface area contributed by atoms with Crippen molar-refractivity contribution in [3.63, 3.8) is 0 Å². The fourth-order valence-corrected chi connectivity index (χ4v) is 1.02. The first kappa shape index (κ1) is 11.7. The molecule has 0 amide bonds. The summed E-state index contributed by atoms with van der Waals surface area (Å²) in [5.74, 6) is 0. The standard InChI is InChI=1S/C10H17N3O2/c1-10(15,7-14)6-13-9-3-8(11-2)4-12-5-9/h3-5,11,13-15H,6-7H2,1-2H3. The minimum absolute atomic E-state index is 0.276. The van der Waals surface area contributed by atoms with Crippen LogP contribution in [0.4, 0.5) is 11.4 Å². The number of aliphatic hydroxyl groups excluding tert-OH is 1. The molecule has 0 aromatic carbocycles. The van der Waals surface area contributed by atoms with Gasteiger partial charge in [0.15, 0.2) is 0 Å². The van der Waals surface area contributed by atoms with E-state index in [-0.39, 0.29) is 13.2 Å². The van der Waals surface area contributed by atoms with Gasteiger partial charge in [-0.15, -0.1) is 0 Å². The summed E-state index contributed by atoms with van der Waals surface area (Å²) in [6.45, 7) is 1.56. The zero-order chi connectivity index (χ0) is 11.3. The molecule has 5 nitrogen and oxygen atoms in total. The van der Waals surface area contributed by atoms with Crippen LogP contribution in [0.25, 0.3) is 0 Å². The summed E-state index contributed by atoms with van der Waals surface area (Å²) in [6, 6.07) is 1.88.